The summed E-state index contributed by atoms with van der Waals surface area (Å²) in [6.07, 6.45) is 3.89. The van der Waals surface area contributed by atoms with Crippen LogP contribution in [0.15, 0.2) is 41.5 Å². The molecule has 8 heteroatoms. The number of amides is 1. The molecule has 184 valence electrons. The molecule has 4 rings (SSSR count). The van der Waals surface area contributed by atoms with E-state index in [1.54, 1.807) is 7.11 Å². The third-order valence-electron chi connectivity index (χ3n) is 6.89. The van der Waals surface area contributed by atoms with E-state index in [0.717, 1.165) is 52.2 Å². The van der Waals surface area contributed by atoms with E-state index >= 15 is 0 Å². The van der Waals surface area contributed by atoms with E-state index in [4.69, 9.17) is 14.2 Å². The molecule has 2 fully saturated rings. The number of hydrogen-bond donors (Lipinski definition) is 0. The fourth-order valence-electron chi connectivity index (χ4n) is 4.75. The number of rotatable bonds is 8. The number of epoxide rings is 1. The number of halogens is 1. The lowest BCUT2D eigenvalue weighted by atomic mass is 9.81. The third-order valence-corrected chi connectivity index (χ3v) is 9.00. The second-order valence-electron chi connectivity index (χ2n) is 10.6. The lowest BCUT2D eigenvalue weighted by molar-refractivity contribution is 0.0777. The van der Waals surface area contributed by atoms with Gasteiger partial charge in [-0.2, -0.15) is 0 Å². The van der Waals surface area contributed by atoms with Crippen molar-refractivity contribution in [3.05, 3.63) is 47.1 Å². The summed E-state index contributed by atoms with van der Waals surface area (Å²) in [6.45, 7) is 12.8. The highest BCUT2D eigenvalue weighted by Crippen LogP contribution is 2.47. The molecule has 0 N–H and O–H groups in total. The average Bonchev–Trinajstić information content (AvgIpc) is 3.56. The number of carbonyl (C=O) groups excluding carboxylic acids is 1. The Morgan fingerprint density at radius 2 is 2.15 bits per heavy atom. The van der Waals surface area contributed by atoms with Gasteiger partial charge in [0.15, 0.2) is 0 Å². The second-order valence-corrected chi connectivity index (χ2v) is 17.0. The first-order valence-electron chi connectivity index (χ1n) is 12.0. The Balaban J connectivity index is 1.37. The number of carbonyl (C=O) groups is 1. The van der Waals surface area contributed by atoms with Crippen LogP contribution in [-0.4, -0.2) is 57.0 Å². The molecule has 2 saturated heterocycles. The summed E-state index contributed by atoms with van der Waals surface area (Å²) in [5.41, 5.74) is 2.06. The molecule has 34 heavy (non-hydrogen) atoms. The smallest absolute Gasteiger partial charge is 0.409 e. The molecule has 2 aliphatic rings. The van der Waals surface area contributed by atoms with Crippen molar-refractivity contribution in [3.8, 4) is 5.75 Å². The van der Waals surface area contributed by atoms with Crippen molar-refractivity contribution >= 4 is 41.0 Å². The predicted molar refractivity (Wildman–Crippen MR) is 141 cm³/mol. The molecule has 3 heterocycles. The van der Waals surface area contributed by atoms with E-state index in [1.165, 1.54) is 0 Å². The van der Waals surface area contributed by atoms with E-state index in [1.807, 2.05) is 29.2 Å². The maximum Gasteiger partial charge on any atom is 0.409 e. The molecule has 0 aliphatic carbocycles. The minimum Gasteiger partial charge on any atom is -0.497 e. The van der Waals surface area contributed by atoms with Gasteiger partial charge >= 0.3 is 6.09 Å². The first kappa shape index (κ1) is 25.2. The predicted octanol–water partition coefficient (Wildman–Crippen LogP) is 6.43. The Labute approximate surface area is 211 Å². The van der Waals surface area contributed by atoms with Crippen LogP contribution in [0.4, 0.5) is 4.79 Å². The molecule has 0 unspecified atom stereocenters. The Kier molecular flexibility index (Phi) is 7.69. The minimum absolute atomic E-state index is 0.0453. The van der Waals surface area contributed by atoms with Gasteiger partial charge in [-0.1, -0.05) is 25.7 Å². The summed E-state index contributed by atoms with van der Waals surface area (Å²) in [5.74, 6) is 1.49. The molecule has 0 bridgehead atoms. The van der Waals surface area contributed by atoms with Gasteiger partial charge in [0.2, 0.25) is 0 Å². The molecule has 2 aromatic rings. The van der Waals surface area contributed by atoms with Crippen LogP contribution >= 0.6 is 15.9 Å². The van der Waals surface area contributed by atoms with Crippen LogP contribution in [-0.2, 0) is 9.47 Å². The zero-order valence-corrected chi connectivity index (χ0v) is 23.1. The summed E-state index contributed by atoms with van der Waals surface area (Å²) >= 11 is 3.54. The summed E-state index contributed by atoms with van der Waals surface area (Å²) in [5, 5.41) is 1.06. The van der Waals surface area contributed by atoms with Gasteiger partial charge in [-0.05, 0) is 76.5 Å². The van der Waals surface area contributed by atoms with Crippen molar-refractivity contribution in [2.24, 2.45) is 11.8 Å². The van der Waals surface area contributed by atoms with Gasteiger partial charge in [-0.3, -0.25) is 0 Å². The SMILES string of the molecule is C=C[C@H]1CN(C(=O)OCC[Si](C)(C)C)CC[C@H]1C[C@@H]1O[C@H]1c1cc(Br)nc2ccc(OC)cc12. The number of likely N-dealkylation sites (tertiary alicyclic amines) is 1. The monoisotopic (exact) mass is 546 g/mol. The highest BCUT2D eigenvalue weighted by Gasteiger charge is 2.44. The Bertz CT molecular complexity index is 1060. The number of fused-ring (bicyclic) bond motifs is 1. The summed E-state index contributed by atoms with van der Waals surface area (Å²) in [7, 11) is 0.457. The van der Waals surface area contributed by atoms with Gasteiger partial charge in [0.1, 0.15) is 16.5 Å². The van der Waals surface area contributed by atoms with Gasteiger partial charge in [-0.25, -0.2) is 9.78 Å². The number of methoxy groups -OCH3 is 1. The molecule has 0 radical (unpaired) electrons. The van der Waals surface area contributed by atoms with Crippen LogP contribution in [0, 0.1) is 11.8 Å². The van der Waals surface area contributed by atoms with Crippen LogP contribution in [0.2, 0.25) is 25.7 Å². The first-order chi connectivity index (χ1) is 16.2. The standard InChI is InChI=1S/C26H35BrN2O4Si/c1-6-17-16-29(26(30)32-11-12-34(3,4)5)10-9-18(17)13-23-25(33-23)21-15-24(27)28-22-8-7-19(31-2)14-20(21)22/h6-8,14-15,17-18,23,25H,1,9-13,16H2,2-5H3/t17-,18-,23-,25-/m0/s1. The minimum atomic E-state index is -1.22. The van der Waals surface area contributed by atoms with E-state index < -0.39 is 8.07 Å². The fourth-order valence-corrected chi connectivity index (χ4v) is 5.90. The van der Waals surface area contributed by atoms with Gasteiger partial charge in [-0.15, -0.1) is 6.58 Å². The van der Waals surface area contributed by atoms with Crippen molar-refractivity contribution in [1.29, 1.82) is 0 Å². The van der Waals surface area contributed by atoms with Crippen LogP contribution in [0.3, 0.4) is 0 Å². The van der Waals surface area contributed by atoms with Crippen molar-refractivity contribution in [2.75, 3.05) is 26.8 Å². The molecule has 1 aromatic carbocycles. The lowest BCUT2D eigenvalue weighted by Gasteiger charge is -2.36. The number of piperidine rings is 1. The maximum absolute atomic E-state index is 12.6. The summed E-state index contributed by atoms with van der Waals surface area (Å²) in [6, 6.07) is 8.98. The van der Waals surface area contributed by atoms with E-state index in [0.29, 0.717) is 19.1 Å². The zero-order valence-electron chi connectivity index (χ0n) is 20.6. The number of aromatic nitrogens is 1. The molecule has 0 saturated carbocycles. The summed E-state index contributed by atoms with van der Waals surface area (Å²) < 4.78 is 18.0. The molecule has 4 atom stereocenters. The molecule has 6 nitrogen and oxygen atoms in total. The number of ether oxygens (including phenoxy) is 3. The summed E-state index contributed by atoms with van der Waals surface area (Å²) in [4.78, 5) is 19.0. The van der Waals surface area contributed by atoms with Gasteiger partial charge in [0, 0.05) is 26.5 Å². The van der Waals surface area contributed by atoms with E-state index in [-0.39, 0.29) is 24.2 Å². The molecule has 1 amide bonds. The molecule has 2 aliphatic heterocycles. The lowest BCUT2D eigenvalue weighted by Crippen LogP contribution is -2.44. The van der Waals surface area contributed by atoms with E-state index in [2.05, 4.69) is 53.2 Å². The van der Waals surface area contributed by atoms with Crippen molar-refractivity contribution in [1.82, 2.24) is 9.88 Å². The van der Waals surface area contributed by atoms with Gasteiger partial charge < -0.3 is 19.1 Å². The van der Waals surface area contributed by atoms with Crippen molar-refractivity contribution in [2.45, 2.75) is 50.7 Å². The largest absolute Gasteiger partial charge is 0.497 e. The Morgan fingerprint density at radius 3 is 2.85 bits per heavy atom. The maximum atomic E-state index is 12.6. The highest BCUT2D eigenvalue weighted by molar-refractivity contribution is 9.10. The number of hydrogen-bond acceptors (Lipinski definition) is 5. The molecular formula is C26H35BrN2O4Si. The first-order valence-corrected chi connectivity index (χ1v) is 16.5. The number of pyridine rings is 1. The average molecular weight is 548 g/mol. The van der Waals surface area contributed by atoms with E-state index in [9.17, 15) is 4.79 Å². The van der Waals surface area contributed by atoms with Crippen LogP contribution in [0.25, 0.3) is 10.9 Å². The van der Waals surface area contributed by atoms with Crippen LogP contribution in [0.5, 0.6) is 5.75 Å². The zero-order chi connectivity index (χ0) is 24.5. The molecule has 1 aromatic heterocycles. The Morgan fingerprint density at radius 1 is 1.35 bits per heavy atom. The van der Waals surface area contributed by atoms with Gasteiger partial charge in [0.05, 0.1) is 25.3 Å². The Hall–Kier alpha value is -1.90. The number of benzene rings is 1. The van der Waals surface area contributed by atoms with Crippen LogP contribution < -0.4 is 4.74 Å². The van der Waals surface area contributed by atoms with Gasteiger partial charge in [0.25, 0.3) is 0 Å². The number of nitrogens with zero attached hydrogens (tertiary/aromatic N) is 2. The topological polar surface area (TPSA) is 64.2 Å². The van der Waals surface area contributed by atoms with Crippen molar-refractivity contribution < 1.29 is 19.0 Å². The second kappa shape index (κ2) is 10.4. The highest BCUT2D eigenvalue weighted by atomic mass is 79.9. The third kappa shape index (κ3) is 6.01. The fraction of sp³-hybridized carbons (Fsp3) is 0.538. The van der Waals surface area contributed by atoms with Crippen molar-refractivity contribution in [3.63, 3.8) is 0 Å². The quantitative estimate of drug-likeness (QED) is 0.165. The molecule has 0 spiro atoms. The molecular weight excluding hydrogens is 512 g/mol. The normalized spacial score (nSPS) is 24.7. The van der Waals surface area contributed by atoms with Crippen LogP contribution in [0.1, 0.15) is 24.5 Å².